The minimum Gasteiger partial charge on any atom is -0.384 e. The molecule has 2 rings (SSSR count). The average molecular weight is 220 g/mol. The van der Waals surface area contributed by atoms with Crippen molar-refractivity contribution in [1.82, 2.24) is 0 Å². The molecule has 1 N–H and O–H groups in total. The molecule has 1 nitrogen and oxygen atoms in total. The molecule has 0 amide bonds. The molecule has 0 aromatic heterocycles. The third-order valence-electron chi connectivity index (χ3n) is 2.35. The Morgan fingerprint density at radius 1 is 0.812 bits per heavy atom. The van der Waals surface area contributed by atoms with Gasteiger partial charge >= 0.3 is 0 Å². The summed E-state index contributed by atoms with van der Waals surface area (Å²) < 4.78 is 25.6. The van der Waals surface area contributed by atoms with Gasteiger partial charge in [-0.25, -0.2) is 8.78 Å². The van der Waals surface area contributed by atoms with Crippen LogP contribution in [0, 0.1) is 11.6 Å². The van der Waals surface area contributed by atoms with Gasteiger partial charge in [-0.15, -0.1) is 0 Å². The number of aliphatic hydroxyl groups is 1. The van der Waals surface area contributed by atoms with E-state index in [1.165, 1.54) is 42.5 Å². The highest BCUT2D eigenvalue weighted by molar-refractivity contribution is 5.30. The van der Waals surface area contributed by atoms with Crippen LogP contribution in [0.15, 0.2) is 48.5 Å². The topological polar surface area (TPSA) is 20.2 Å². The smallest absolute Gasteiger partial charge is 0.123 e. The Labute approximate surface area is 92.0 Å². The van der Waals surface area contributed by atoms with Crippen LogP contribution < -0.4 is 0 Å². The standard InChI is InChI=1S/C13H10F2O/c14-11-6-4-9(5-7-11)13(16)10-2-1-3-12(15)8-10/h1-8,13,16H/t13-/m0/s1. The second-order valence-corrected chi connectivity index (χ2v) is 3.51. The van der Waals surface area contributed by atoms with Crippen molar-refractivity contribution in [2.24, 2.45) is 0 Å². The van der Waals surface area contributed by atoms with E-state index in [9.17, 15) is 13.9 Å². The van der Waals surface area contributed by atoms with E-state index >= 15 is 0 Å². The summed E-state index contributed by atoms with van der Waals surface area (Å²) in [6.07, 6.45) is -0.934. The molecule has 82 valence electrons. The van der Waals surface area contributed by atoms with Crippen molar-refractivity contribution in [3.05, 3.63) is 71.3 Å². The summed E-state index contributed by atoms with van der Waals surface area (Å²) in [6, 6.07) is 11.2. The van der Waals surface area contributed by atoms with Crippen molar-refractivity contribution >= 4 is 0 Å². The maximum Gasteiger partial charge on any atom is 0.123 e. The van der Waals surface area contributed by atoms with Crippen molar-refractivity contribution < 1.29 is 13.9 Å². The second kappa shape index (κ2) is 4.41. The van der Waals surface area contributed by atoms with Crippen LogP contribution in [0.25, 0.3) is 0 Å². The number of hydrogen-bond acceptors (Lipinski definition) is 1. The van der Waals surface area contributed by atoms with Gasteiger partial charge in [0.05, 0.1) is 0 Å². The fourth-order valence-electron chi connectivity index (χ4n) is 1.51. The highest BCUT2D eigenvalue weighted by atomic mass is 19.1. The van der Waals surface area contributed by atoms with Crippen LogP contribution in [0.5, 0.6) is 0 Å². The third kappa shape index (κ3) is 2.25. The molecule has 0 saturated heterocycles. The van der Waals surface area contributed by atoms with E-state index in [0.717, 1.165) is 0 Å². The minimum atomic E-state index is -0.934. The van der Waals surface area contributed by atoms with Crippen LogP contribution in [-0.2, 0) is 0 Å². The number of halogens is 2. The average Bonchev–Trinajstić information content (AvgIpc) is 2.29. The summed E-state index contributed by atoms with van der Waals surface area (Å²) in [7, 11) is 0. The molecule has 2 aromatic rings. The summed E-state index contributed by atoms with van der Waals surface area (Å²) >= 11 is 0. The molecule has 3 heteroatoms. The Bertz CT molecular complexity index is 480. The van der Waals surface area contributed by atoms with Gasteiger partial charge in [0.1, 0.15) is 17.7 Å². The van der Waals surface area contributed by atoms with E-state index in [2.05, 4.69) is 0 Å². The Kier molecular flexibility index (Phi) is 2.97. The summed E-state index contributed by atoms with van der Waals surface area (Å²) in [6.45, 7) is 0. The molecule has 0 aliphatic carbocycles. The first kappa shape index (κ1) is 10.8. The van der Waals surface area contributed by atoms with Crippen molar-refractivity contribution in [2.45, 2.75) is 6.10 Å². The first-order chi connectivity index (χ1) is 7.66. The van der Waals surface area contributed by atoms with Crippen LogP contribution in [0.3, 0.4) is 0 Å². The van der Waals surface area contributed by atoms with Gasteiger partial charge in [0, 0.05) is 0 Å². The lowest BCUT2D eigenvalue weighted by molar-refractivity contribution is 0.219. The molecule has 0 fully saturated rings. The van der Waals surface area contributed by atoms with E-state index < -0.39 is 11.9 Å². The van der Waals surface area contributed by atoms with Gasteiger partial charge in [0.2, 0.25) is 0 Å². The summed E-state index contributed by atoms with van der Waals surface area (Å²) in [5, 5.41) is 9.92. The molecule has 0 saturated carbocycles. The Morgan fingerprint density at radius 3 is 2.12 bits per heavy atom. The van der Waals surface area contributed by atoms with Gasteiger partial charge in [0.25, 0.3) is 0 Å². The number of aliphatic hydroxyl groups excluding tert-OH is 1. The molecule has 0 aliphatic rings. The van der Waals surface area contributed by atoms with E-state index in [-0.39, 0.29) is 5.82 Å². The predicted octanol–water partition coefficient (Wildman–Crippen LogP) is 3.05. The fraction of sp³-hybridized carbons (Fsp3) is 0.0769. The fourth-order valence-corrected chi connectivity index (χ4v) is 1.51. The quantitative estimate of drug-likeness (QED) is 0.824. The molecular weight excluding hydrogens is 210 g/mol. The van der Waals surface area contributed by atoms with Gasteiger partial charge in [-0.1, -0.05) is 24.3 Å². The third-order valence-corrected chi connectivity index (χ3v) is 2.35. The van der Waals surface area contributed by atoms with Gasteiger partial charge in [-0.05, 0) is 35.4 Å². The Hall–Kier alpha value is -1.74. The maximum atomic E-state index is 12.9. The molecule has 0 bridgehead atoms. The van der Waals surface area contributed by atoms with Crippen LogP contribution in [0.2, 0.25) is 0 Å². The second-order valence-electron chi connectivity index (χ2n) is 3.51. The van der Waals surface area contributed by atoms with Crippen molar-refractivity contribution in [1.29, 1.82) is 0 Å². The zero-order chi connectivity index (χ0) is 11.5. The molecule has 0 heterocycles. The molecule has 1 atom stereocenters. The monoisotopic (exact) mass is 220 g/mol. The normalized spacial score (nSPS) is 12.4. The molecule has 0 unspecified atom stereocenters. The lowest BCUT2D eigenvalue weighted by atomic mass is 10.0. The largest absolute Gasteiger partial charge is 0.384 e. The number of benzene rings is 2. The van der Waals surface area contributed by atoms with Crippen LogP contribution in [0.1, 0.15) is 17.2 Å². The first-order valence-electron chi connectivity index (χ1n) is 4.86. The van der Waals surface area contributed by atoms with E-state index in [1.54, 1.807) is 6.07 Å². The molecule has 16 heavy (non-hydrogen) atoms. The van der Waals surface area contributed by atoms with Crippen LogP contribution in [-0.4, -0.2) is 5.11 Å². The van der Waals surface area contributed by atoms with Crippen LogP contribution >= 0.6 is 0 Å². The Balaban J connectivity index is 2.31. The predicted molar refractivity (Wildman–Crippen MR) is 56.9 cm³/mol. The van der Waals surface area contributed by atoms with Crippen molar-refractivity contribution in [3.63, 3.8) is 0 Å². The highest BCUT2D eigenvalue weighted by Crippen LogP contribution is 2.22. The van der Waals surface area contributed by atoms with Gasteiger partial charge in [-0.3, -0.25) is 0 Å². The van der Waals surface area contributed by atoms with Crippen molar-refractivity contribution in [3.8, 4) is 0 Å². The number of hydrogen-bond donors (Lipinski definition) is 1. The lowest BCUT2D eigenvalue weighted by Gasteiger charge is -2.11. The van der Waals surface area contributed by atoms with Gasteiger partial charge < -0.3 is 5.11 Å². The zero-order valence-electron chi connectivity index (χ0n) is 8.40. The van der Waals surface area contributed by atoms with E-state index in [4.69, 9.17) is 0 Å². The zero-order valence-corrected chi connectivity index (χ0v) is 8.40. The highest BCUT2D eigenvalue weighted by Gasteiger charge is 2.10. The SMILES string of the molecule is O[C@@H](c1ccc(F)cc1)c1cccc(F)c1. The Morgan fingerprint density at radius 2 is 1.50 bits per heavy atom. The van der Waals surface area contributed by atoms with E-state index in [1.807, 2.05) is 0 Å². The number of rotatable bonds is 2. The summed E-state index contributed by atoms with van der Waals surface area (Å²) in [4.78, 5) is 0. The molecule has 0 spiro atoms. The van der Waals surface area contributed by atoms with Crippen molar-refractivity contribution in [2.75, 3.05) is 0 Å². The summed E-state index contributed by atoms with van der Waals surface area (Å²) in [5.74, 6) is -0.770. The summed E-state index contributed by atoms with van der Waals surface area (Å²) in [5.41, 5.74) is 0.985. The molecule has 0 aliphatic heterocycles. The lowest BCUT2D eigenvalue weighted by Crippen LogP contribution is -1.99. The van der Waals surface area contributed by atoms with E-state index in [0.29, 0.717) is 11.1 Å². The first-order valence-corrected chi connectivity index (χ1v) is 4.86. The maximum absolute atomic E-state index is 12.9. The molecule has 0 radical (unpaired) electrons. The molecular formula is C13H10F2O. The molecule has 2 aromatic carbocycles. The van der Waals surface area contributed by atoms with Gasteiger partial charge in [-0.2, -0.15) is 0 Å². The van der Waals surface area contributed by atoms with Gasteiger partial charge in [0.15, 0.2) is 0 Å². The van der Waals surface area contributed by atoms with Crippen LogP contribution in [0.4, 0.5) is 8.78 Å². The minimum absolute atomic E-state index is 0.366.